The molecule has 2 atom stereocenters. The van der Waals surface area contributed by atoms with E-state index in [0.29, 0.717) is 24.9 Å². The topological polar surface area (TPSA) is 40.5 Å². The van der Waals surface area contributed by atoms with Gasteiger partial charge in [-0.1, -0.05) is 40.9 Å². The normalized spacial score (nSPS) is 19.0. The number of likely N-dealkylation sites (tertiary alicyclic amines) is 1. The number of hydrogen-bond acceptors (Lipinski definition) is 2. The van der Waals surface area contributed by atoms with Crippen LogP contribution in [0.25, 0.3) is 0 Å². The van der Waals surface area contributed by atoms with Crippen LogP contribution in [0, 0.1) is 0 Å². The van der Waals surface area contributed by atoms with E-state index in [4.69, 9.17) is 34.8 Å². The number of carbonyl (C=O) groups is 1. The smallest absolute Gasteiger partial charge is 0.416 e. The fraction of sp³-hybridized carbons (Fsp3) is 0.316. The molecule has 3 nitrogen and oxygen atoms in total. The lowest BCUT2D eigenvalue weighted by Crippen LogP contribution is -2.39. The van der Waals surface area contributed by atoms with Crippen molar-refractivity contribution < 1.29 is 23.1 Å². The summed E-state index contributed by atoms with van der Waals surface area (Å²) in [4.78, 5) is 13.4. The largest absolute Gasteiger partial charge is 0.480 e. The molecule has 0 saturated carbocycles. The summed E-state index contributed by atoms with van der Waals surface area (Å²) in [7, 11) is 0. The molecule has 2 unspecified atom stereocenters. The Morgan fingerprint density at radius 1 is 1.07 bits per heavy atom. The second kappa shape index (κ2) is 8.11. The van der Waals surface area contributed by atoms with Gasteiger partial charge >= 0.3 is 12.1 Å². The molecule has 2 aromatic carbocycles. The van der Waals surface area contributed by atoms with E-state index in [0.717, 1.165) is 12.1 Å². The zero-order valence-corrected chi connectivity index (χ0v) is 16.6. The molecule has 0 bridgehead atoms. The highest BCUT2D eigenvalue weighted by atomic mass is 35.5. The summed E-state index contributed by atoms with van der Waals surface area (Å²) in [5.74, 6) is -1.04. The van der Waals surface area contributed by atoms with Crippen LogP contribution in [-0.4, -0.2) is 28.6 Å². The van der Waals surface area contributed by atoms with Gasteiger partial charge in [0.2, 0.25) is 0 Å². The molecule has 28 heavy (non-hydrogen) atoms. The summed E-state index contributed by atoms with van der Waals surface area (Å²) >= 11 is 18.4. The van der Waals surface area contributed by atoms with Crippen molar-refractivity contribution in [3.8, 4) is 0 Å². The quantitative estimate of drug-likeness (QED) is 0.591. The Kier molecular flexibility index (Phi) is 6.15. The van der Waals surface area contributed by atoms with Gasteiger partial charge in [0.15, 0.2) is 0 Å². The first-order chi connectivity index (χ1) is 13.1. The number of carboxylic acids is 1. The number of aliphatic carboxylic acids is 1. The summed E-state index contributed by atoms with van der Waals surface area (Å²) in [5.41, 5.74) is -0.171. The molecule has 1 fully saturated rings. The number of halogens is 6. The second-order valence-corrected chi connectivity index (χ2v) is 7.77. The van der Waals surface area contributed by atoms with Crippen LogP contribution in [0.2, 0.25) is 15.1 Å². The van der Waals surface area contributed by atoms with Crippen LogP contribution in [0.4, 0.5) is 13.2 Å². The maximum Gasteiger partial charge on any atom is 0.416 e. The average molecular weight is 453 g/mol. The predicted molar refractivity (Wildman–Crippen MR) is 102 cm³/mol. The molecule has 0 amide bonds. The van der Waals surface area contributed by atoms with Crippen LogP contribution in [0.1, 0.15) is 35.6 Å². The third kappa shape index (κ3) is 4.25. The van der Waals surface area contributed by atoms with E-state index >= 15 is 0 Å². The molecule has 1 aliphatic rings. The molecular formula is C19H15Cl3F3NO2. The van der Waals surface area contributed by atoms with Crippen molar-refractivity contribution in [1.82, 2.24) is 4.90 Å². The number of benzene rings is 2. The van der Waals surface area contributed by atoms with Crippen LogP contribution in [0.15, 0.2) is 36.4 Å². The molecular weight excluding hydrogens is 438 g/mol. The third-order valence-corrected chi connectivity index (χ3v) is 5.87. The van der Waals surface area contributed by atoms with E-state index in [-0.39, 0.29) is 20.6 Å². The molecule has 1 heterocycles. The first-order valence-corrected chi connectivity index (χ1v) is 9.53. The van der Waals surface area contributed by atoms with E-state index in [2.05, 4.69) is 0 Å². The lowest BCUT2D eigenvalue weighted by atomic mass is 9.94. The summed E-state index contributed by atoms with van der Waals surface area (Å²) in [6, 6.07) is 6.06. The molecule has 2 aromatic rings. The Hall–Kier alpha value is -1.47. The first kappa shape index (κ1) is 21.2. The second-order valence-electron chi connectivity index (χ2n) is 6.54. The Bertz CT molecular complexity index is 904. The molecule has 0 spiro atoms. The third-order valence-electron chi connectivity index (χ3n) is 4.79. The fourth-order valence-electron chi connectivity index (χ4n) is 3.53. The number of nitrogens with zero attached hydrogens (tertiary/aromatic N) is 1. The minimum absolute atomic E-state index is 0.111. The van der Waals surface area contributed by atoms with Gasteiger partial charge in [0.25, 0.3) is 0 Å². The van der Waals surface area contributed by atoms with E-state index < -0.39 is 29.8 Å². The van der Waals surface area contributed by atoms with E-state index in [1.165, 1.54) is 18.2 Å². The highest BCUT2D eigenvalue weighted by Crippen LogP contribution is 2.42. The van der Waals surface area contributed by atoms with Gasteiger partial charge in [-0.15, -0.1) is 0 Å². The van der Waals surface area contributed by atoms with Gasteiger partial charge < -0.3 is 5.11 Å². The Labute approximate surface area is 174 Å². The van der Waals surface area contributed by atoms with Gasteiger partial charge in [0.05, 0.1) is 21.7 Å². The average Bonchev–Trinajstić information content (AvgIpc) is 3.08. The molecule has 1 aliphatic heterocycles. The number of hydrogen-bond donors (Lipinski definition) is 1. The molecule has 0 aliphatic carbocycles. The fourth-order valence-corrected chi connectivity index (χ4v) is 4.05. The van der Waals surface area contributed by atoms with Crippen molar-refractivity contribution in [2.24, 2.45) is 0 Å². The van der Waals surface area contributed by atoms with Gasteiger partial charge in [-0.3, -0.25) is 9.69 Å². The lowest BCUT2D eigenvalue weighted by molar-refractivity contribution is -0.143. The highest BCUT2D eigenvalue weighted by molar-refractivity contribution is 6.42. The van der Waals surface area contributed by atoms with Crippen molar-refractivity contribution in [3.05, 3.63) is 68.2 Å². The van der Waals surface area contributed by atoms with Crippen molar-refractivity contribution in [2.75, 3.05) is 6.54 Å². The molecule has 150 valence electrons. The zero-order valence-electron chi connectivity index (χ0n) is 14.3. The highest BCUT2D eigenvalue weighted by Gasteiger charge is 2.39. The first-order valence-electron chi connectivity index (χ1n) is 8.39. The van der Waals surface area contributed by atoms with E-state index in [9.17, 15) is 23.1 Å². The molecule has 1 N–H and O–H groups in total. The summed E-state index contributed by atoms with van der Waals surface area (Å²) in [6.07, 6.45) is -3.56. The SMILES string of the molecule is O=C(O)C1CCCN1C(c1ccc(Cl)c(Cl)c1)c1cc(C(F)(F)F)ccc1Cl. The van der Waals surface area contributed by atoms with Crippen LogP contribution in [-0.2, 0) is 11.0 Å². The van der Waals surface area contributed by atoms with Crippen LogP contribution >= 0.6 is 34.8 Å². The number of rotatable bonds is 4. The zero-order chi connectivity index (χ0) is 20.6. The minimum atomic E-state index is -4.56. The van der Waals surface area contributed by atoms with Gasteiger partial charge in [-0.25, -0.2) is 0 Å². The molecule has 1 saturated heterocycles. The summed E-state index contributed by atoms with van der Waals surface area (Å²) in [6.45, 7) is 0.397. The summed E-state index contributed by atoms with van der Waals surface area (Å²) in [5, 5.41) is 10.2. The maximum absolute atomic E-state index is 13.3. The Morgan fingerprint density at radius 2 is 1.75 bits per heavy atom. The maximum atomic E-state index is 13.3. The van der Waals surface area contributed by atoms with Crippen LogP contribution < -0.4 is 0 Å². The van der Waals surface area contributed by atoms with Gasteiger partial charge in [-0.05, 0) is 54.3 Å². The van der Waals surface area contributed by atoms with E-state index in [1.54, 1.807) is 11.0 Å². The van der Waals surface area contributed by atoms with Crippen molar-refractivity contribution in [3.63, 3.8) is 0 Å². The van der Waals surface area contributed by atoms with Gasteiger partial charge in [0, 0.05) is 11.6 Å². The van der Waals surface area contributed by atoms with Crippen molar-refractivity contribution in [2.45, 2.75) is 31.1 Å². The van der Waals surface area contributed by atoms with Crippen molar-refractivity contribution in [1.29, 1.82) is 0 Å². The number of carboxylic acid groups (broad SMARTS) is 1. The monoisotopic (exact) mass is 451 g/mol. The van der Waals surface area contributed by atoms with Crippen LogP contribution in [0.5, 0.6) is 0 Å². The van der Waals surface area contributed by atoms with E-state index in [1.807, 2.05) is 0 Å². The molecule has 0 aromatic heterocycles. The Balaban J connectivity index is 2.19. The Morgan fingerprint density at radius 3 is 2.36 bits per heavy atom. The van der Waals surface area contributed by atoms with Gasteiger partial charge in [-0.2, -0.15) is 13.2 Å². The van der Waals surface area contributed by atoms with Gasteiger partial charge in [0.1, 0.15) is 6.04 Å². The minimum Gasteiger partial charge on any atom is -0.480 e. The predicted octanol–water partition coefficient (Wildman–Crippen LogP) is 6.30. The standard InChI is InChI=1S/C19H15Cl3F3NO2/c20-13-6-4-11(19(23,24)25)9-12(13)17(10-3-5-14(21)15(22)8-10)26-7-1-2-16(26)18(27)28/h3-6,8-9,16-17H,1-2,7H2,(H,27,28). The molecule has 3 rings (SSSR count). The van der Waals surface area contributed by atoms with Crippen molar-refractivity contribution >= 4 is 40.8 Å². The van der Waals surface area contributed by atoms with Crippen LogP contribution in [0.3, 0.4) is 0 Å². The lowest BCUT2D eigenvalue weighted by Gasteiger charge is -2.33. The number of alkyl halides is 3. The summed E-state index contributed by atoms with van der Waals surface area (Å²) < 4.78 is 39.8. The molecule has 9 heteroatoms. The molecule has 0 radical (unpaired) electrons.